The van der Waals surface area contributed by atoms with Crippen molar-refractivity contribution in [3.8, 4) is 0 Å². The lowest BCUT2D eigenvalue weighted by molar-refractivity contribution is -0.133. The van der Waals surface area contributed by atoms with Gasteiger partial charge in [-0.2, -0.15) is 0 Å². The van der Waals surface area contributed by atoms with Crippen molar-refractivity contribution in [3.63, 3.8) is 0 Å². The number of hydrogen-bond acceptors (Lipinski definition) is 3. The van der Waals surface area contributed by atoms with Crippen molar-refractivity contribution in [2.24, 2.45) is 11.8 Å². The highest BCUT2D eigenvalue weighted by Gasteiger charge is 2.23. The molecule has 4 nitrogen and oxygen atoms in total. The van der Waals surface area contributed by atoms with E-state index in [1.807, 2.05) is 11.9 Å². The summed E-state index contributed by atoms with van der Waals surface area (Å²) in [5.74, 6) is 1.04. The molecule has 1 fully saturated rings. The molecular weight excluding hydrogens is 389 g/mol. The summed E-state index contributed by atoms with van der Waals surface area (Å²) in [6.45, 7) is 8.14. The zero-order chi connectivity index (χ0) is 22.6. The molecule has 5 heteroatoms. The Morgan fingerprint density at radius 2 is 1.90 bits per heavy atom. The Labute approximate surface area is 188 Å². The number of rotatable bonds is 7. The van der Waals surface area contributed by atoms with Crippen molar-refractivity contribution in [1.29, 1.82) is 0 Å². The van der Waals surface area contributed by atoms with E-state index in [0.717, 1.165) is 44.5 Å². The zero-order valence-electron chi connectivity index (χ0n) is 19.7. The number of nitrogens with zero attached hydrogens (tertiary/aromatic N) is 2. The van der Waals surface area contributed by atoms with Crippen LogP contribution in [0.2, 0.25) is 0 Å². The molecule has 1 saturated heterocycles. The summed E-state index contributed by atoms with van der Waals surface area (Å²) < 4.78 is 12.9. The number of likely N-dealkylation sites (tertiary alicyclic amines) is 1. The largest absolute Gasteiger partial charge is 0.380 e. The fourth-order valence-electron chi connectivity index (χ4n) is 4.26. The number of carbonyl (C=O) groups excluding carboxylic acids is 1. The van der Waals surface area contributed by atoms with Crippen molar-refractivity contribution in [3.05, 3.63) is 59.6 Å². The van der Waals surface area contributed by atoms with Gasteiger partial charge in [0.25, 0.3) is 0 Å². The minimum atomic E-state index is -0.211. The number of piperidine rings is 1. The minimum absolute atomic E-state index is 0.211. The lowest BCUT2D eigenvalue weighted by Gasteiger charge is -2.32. The summed E-state index contributed by atoms with van der Waals surface area (Å²) in [5, 5.41) is 3.21. The Morgan fingerprint density at radius 1 is 1.23 bits per heavy atom. The Balaban J connectivity index is 0.000000316. The van der Waals surface area contributed by atoms with Gasteiger partial charge >= 0.3 is 0 Å². The molecule has 2 heterocycles. The summed E-state index contributed by atoms with van der Waals surface area (Å²) in [4.78, 5) is 16.6. The molecule has 2 aliphatic heterocycles. The summed E-state index contributed by atoms with van der Waals surface area (Å²) in [6.07, 6.45) is 11.3. The Bertz CT molecular complexity index is 721. The molecule has 1 amide bonds. The van der Waals surface area contributed by atoms with Gasteiger partial charge in [-0.25, -0.2) is 4.39 Å². The highest BCUT2D eigenvalue weighted by atomic mass is 19.1. The lowest BCUT2D eigenvalue weighted by Crippen LogP contribution is -2.41. The molecule has 1 N–H and O–H groups in total. The van der Waals surface area contributed by atoms with Crippen LogP contribution in [0, 0.1) is 17.7 Å². The molecule has 0 spiro atoms. The number of allylic oxidation sites excluding steroid dienone is 2. The molecule has 172 valence electrons. The fourth-order valence-corrected chi connectivity index (χ4v) is 4.26. The van der Waals surface area contributed by atoms with Crippen LogP contribution in [0.15, 0.2) is 48.2 Å². The van der Waals surface area contributed by atoms with Crippen molar-refractivity contribution in [2.45, 2.75) is 46.0 Å². The van der Waals surface area contributed by atoms with Crippen LogP contribution in [-0.4, -0.2) is 56.0 Å². The molecule has 31 heavy (non-hydrogen) atoms. The van der Waals surface area contributed by atoms with E-state index in [-0.39, 0.29) is 17.6 Å². The predicted molar refractivity (Wildman–Crippen MR) is 127 cm³/mol. The van der Waals surface area contributed by atoms with Crippen LogP contribution in [0.3, 0.4) is 0 Å². The topological polar surface area (TPSA) is 35.6 Å². The molecule has 0 bridgehead atoms. The first-order valence-corrected chi connectivity index (χ1v) is 11.6. The van der Waals surface area contributed by atoms with Crippen molar-refractivity contribution >= 4 is 5.91 Å². The number of carbonyl (C=O) groups is 1. The third kappa shape index (κ3) is 9.26. The molecule has 1 unspecified atom stereocenters. The summed E-state index contributed by atoms with van der Waals surface area (Å²) in [7, 11) is 4.09. The third-order valence-electron chi connectivity index (χ3n) is 6.00. The van der Waals surface area contributed by atoms with Crippen LogP contribution >= 0.6 is 0 Å². The van der Waals surface area contributed by atoms with E-state index in [2.05, 4.69) is 49.5 Å². The van der Waals surface area contributed by atoms with Crippen molar-refractivity contribution in [1.82, 2.24) is 15.1 Å². The van der Waals surface area contributed by atoms with E-state index in [9.17, 15) is 9.18 Å². The maximum atomic E-state index is 12.9. The molecule has 0 aliphatic carbocycles. The summed E-state index contributed by atoms with van der Waals surface area (Å²) in [5.41, 5.74) is 2.54. The maximum absolute atomic E-state index is 12.9. The van der Waals surface area contributed by atoms with E-state index in [4.69, 9.17) is 0 Å². The van der Waals surface area contributed by atoms with Crippen LogP contribution in [0.1, 0.15) is 45.1 Å². The van der Waals surface area contributed by atoms with E-state index >= 15 is 0 Å². The van der Waals surface area contributed by atoms with Crippen LogP contribution in [0.4, 0.5) is 4.39 Å². The molecule has 2 aliphatic rings. The lowest BCUT2D eigenvalue weighted by atomic mass is 9.94. The van der Waals surface area contributed by atoms with Crippen LogP contribution in [-0.2, 0) is 11.2 Å². The number of hydrogen-bond donors (Lipinski definition) is 1. The van der Waals surface area contributed by atoms with Crippen molar-refractivity contribution < 1.29 is 9.18 Å². The Kier molecular flexibility index (Phi) is 10.8. The summed E-state index contributed by atoms with van der Waals surface area (Å²) >= 11 is 0. The highest BCUT2D eigenvalue weighted by molar-refractivity contribution is 5.76. The standard InChI is InChI=1S/C18H27FN2O.C8H13N/c1-14(11-15-3-5-17(19)6-4-15)12-18(22)21-9-7-16(8-10-21)13-20-2;1-3-4-8-5-6-9(2)7-8/h3-6,14,16,20H,7-13H2,1-2H3;3-4,7H,5-6H2,1-2H3/b;4-3-. The third-order valence-corrected chi connectivity index (χ3v) is 6.00. The van der Waals surface area contributed by atoms with Crippen LogP contribution in [0.25, 0.3) is 0 Å². The molecule has 0 radical (unpaired) electrons. The number of benzene rings is 1. The van der Waals surface area contributed by atoms with E-state index < -0.39 is 0 Å². The SMILES string of the molecule is C/C=C\C1=CN(C)CC1.CNCC1CCN(C(=O)CC(C)Cc2ccc(F)cc2)CC1. The fraction of sp³-hybridized carbons (Fsp3) is 0.577. The first-order chi connectivity index (χ1) is 14.9. The van der Waals surface area contributed by atoms with Crippen LogP contribution in [0.5, 0.6) is 0 Å². The molecule has 1 atom stereocenters. The van der Waals surface area contributed by atoms with E-state index in [0.29, 0.717) is 12.3 Å². The predicted octanol–water partition coefficient (Wildman–Crippen LogP) is 4.63. The first-order valence-electron chi connectivity index (χ1n) is 11.6. The van der Waals surface area contributed by atoms with Gasteiger partial charge in [-0.05, 0) is 81.3 Å². The first kappa shape index (κ1) is 25.1. The summed E-state index contributed by atoms with van der Waals surface area (Å²) in [6, 6.07) is 6.58. The van der Waals surface area contributed by atoms with E-state index in [1.165, 1.54) is 30.7 Å². The maximum Gasteiger partial charge on any atom is 0.222 e. The van der Waals surface area contributed by atoms with Gasteiger partial charge < -0.3 is 15.1 Å². The average Bonchev–Trinajstić information content (AvgIpc) is 3.16. The normalized spacial score (nSPS) is 18.0. The van der Waals surface area contributed by atoms with Gasteiger partial charge in [0.15, 0.2) is 0 Å². The van der Waals surface area contributed by atoms with Gasteiger partial charge in [-0.1, -0.05) is 31.2 Å². The number of nitrogens with one attached hydrogen (secondary N) is 1. The van der Waals surface area contributed by atoms with E-state index in [1.54, 1.807) is 12.1 Å². The zero-order valence-corrected chi connectivity index (χ0v) is 19.7. The highest BCUT2D eigenvalue weighted by Crippen LogP contribution is 2.19. The second-order valence-corrected chi connectivity index (χ2v) is 8.96. The van der Waals surface area contributed by atoms with Gasteiger partial charge in [-0.15, -0.1) is 0 Å². The number of amides is 1. The van der Waals surface area contributed by atoms with Gasteiger partial charge in [-0.3, -0.25) is 4.79 Å². The van der Waals surface area contributed by atoms with Gasteiger partial charge in [0.05, 0.1) is 0 Å². The molecule has 0 aromatic heterocycles. The van der Waals surface area contributed by atoms with Crippen molar-refractivity contribution in [2.75, 3.05) is 40.3 Å². The quantitative estimate of drug-likeness (QED) is 0.686. The van der Waals surface area contributed by atoms with Gasteiger partial charge in [0.2, 0.25) is 5.91 Å². The molecule has 1 aromatic carbocycles. The molecule has 1 aromatic rings. The Morgan fingerprint density at radius 3 is 2.45 bits per heavy atom. The second-order valence-electron chi connectivity index (χ2n) is 8.96. The second kappa shape index (κ2) is 13.3. The van der Waals surface area contributed by atoms with Gasteiger partial charge in [0.1, 0.15) is 5.82 Å². The average molecular weight is 430 g/mol. The number of halogens is 1. The van der Waals surface area contributed by atoms with Gasteiger partial charge in [0, 0.05) is 39.3 Å². The Hall–Kier alpha value is -2.14. The molecule has 3 rings (SSSR count). The molecular formula is C26H40FN3O. The smallest absolute Gasteiger partial charge is 0.222 e. The monoisotopic (exact) mass is 429 g/mol. The molecule has 0 saturated carbocycles. The van der Waals surface area contributed by atoms with Crippen LogP contribution < -0.4 is 5.32 Å². The minimum Gasteiger partial charge on any atom is -0.380 e.